The van der Waals surface area contributed by atoms with Gasteiger partial charge in [-0.05, 0) is 25.1 Å². The van der Waals surface area contributed by atoms with Gasteiger partial charge in [0.1, 0.15) is 11.6 Å². The van der Waals surface area contributed by atoms with Crippen LogP contribution >= 0.6 is 0 Å². The summed E-state index contributed by atoms with van der Waals surface area (Å²) in [7, 11) is 0. The molecule has 0 saturated heterocycles. The van der Waals surface area contributed by atoms with E-state index >= 15 is 0 Å². The lowest BCUT2D eigenvalue weighted by Gasteiger charge is -2.07. The van der Waals surface area contributed by atoms with Gasteiger partial charge in [-0.25, -0.2) is 13.8 Å². The maximum atomic E-state index is 13.3. The van der Waals surface area contributed by atoms with Crippen LogP contribution in [0.1, 0.15) is 12.0 Å². The quantitative estimate of drug-likeness (QED) is 0.799. The summed E-state index contributed by atoms with van der Waals surface area (Å²) in [6.45, 7) is 1.75. The van der Waals surface area contributed by atoms with Crippen LogP contribution in [-0.4, -0.2) is 16.1 Å². The number of hydrogen-bond donors (Lipinski definition) is 1. The van der Waals surface area contributed by atoms with Crippen molar-refractivity contribution in [1.29, 1.82) is 0 Å². The molecule has 0 aliphatic carbocycles. The van der Waals surface area contributed by atoms with Crippen LogP contribution in [0.5, 0.6) is 0 Å². The summed E-state index contributed by atoms with van der Waals surface area (Å²) in [6.07, 6.45) is 6.24. The first kappa shape index (κ1) is 12.7. The van der Waals surface area contributed by atoms with Crippen LogP contribution in [0.3, 0.4) is 0 Å². The minimum Gasteiger partial charge on any atom is -0.337 e. The van der Waals surface area contributed by atoms with E-state index in [0.29, 0.717) is 6.54 Å². The highest BCUT2D eigenvalue weighted by Gasteiger charge is 2.06. The van der Waals surface area contributed by atoms with Crippen molar-refractivity contribution in [3.63, 3.8) is 0 Å². The molecule has 0 bridgehead atoms. The first-order valence-corrected chi connectivity index (χ1v) is 5.86. The number of hydrogen-bond acceptors (Lipinski definition) is 2. The number of halogens is 2. The van der Waals surface area contributed by atoms with Gasteiger partial charge in [0.15, 0.2) is 0 Å². The Bertz CT molecular complexity index is 463. The average Bonchev–Trinajstić information content (AvgIpc) is 2.85. The van der Waals surface area contributed by atoms with E-state index in [1.54, 1.807) is 12.5 Å². The monoisotopic (exact) mass is 251 g/mol. The van der Waals surface area contributed by atoms with E-state index in [1.165, 1.54) is 18.2 Å². The number of aromatic nitrogens is 2. The van der Waals surface area contributed by atoms with Crippen LogP contribution in [0.2, 0.25) is 0 Å². The second-order valence-corrected chi connectivity index (χ2v) is 4.03. The Morgan fingerprint density at radius 3 is 2.67 bits per heavy atom. The van der Waals surface area contributed by atoms with Crippen LogP contribution < -0.4 is 5.32 Å². The van der Waals surface area contributed by atoms with Gasteiger partial charge in [-0.1, -0.05) is 6.07 Å². The molecule has 18 heavy (non-hydrogen) atoms. The smallest absolute Gasteiger partial charge is 0.130 e. The van der Waals surface area contributed by atoms with E-state index in [0.717, 1.165) is 13.0 Å². The molecule has 0 atom stereocenters. The van der Waals surface area contributed by atoms with Crippen molar-refractivity contribution in [2.24, 2.45) is 0 Å². The summed E-state index contributed by atoms with van der Waals surface area (Å²) in [6, 6.07) is 3.91. The van der Waals surface area contributed by atoms with Crippen molar-refractivity contribution in [2.45, 2.75) is 19.5 Å². The zero-order valence-electron chi connectivity index (χ0n) is 9.94. The Kier molecular flexibility index (Phi) is 4.41. The lowest BCUT2D eigenvalue weighted by Crippen LogP contribution is -2.18. The van der Waals surface area contributed by atoms with Crippen molar-refractivity contribution in [3.05, 3.63) is 54.1 Å². The van der Waals surface area contributed by atoms with E-state index in [2.05, 4.69) is 10.3 Å². The van der Waals surface area contributed by atoms with E-state index in [1.807, 2.05) is 10.8 Å². The third-order valence-electron chi connectivity index (χ3n) is 2.69. The van der Waals surface area contributed by atoms with Crippen LogP contribution in [0.25, 0.3) is 0 Å². The van der Waals surface area contributed by atoms with Gasteiger partial charge in [-0.2, -0.15) is 0 Å². The molecule has 1 aromatic carbocycles. The molecule has 2 rings (SSSR count). The first-order chi connectivity index (χ1) is 8.77. The molecule has 0 spiro atoms. The Morgan fingerprint density at radius 2 is 2.00 bits per heavy atom. The largest absolute Gasteiger partial charge is 0.337 e. The van der Waals surface area contributed by atoms with Gasteiger partial charge in [0.2, 0.25) is 0 Å². The molecular formula is C13H15F2N3. The minimum absolute atomic E-state index is 0.0973. The van der Waals surface area contributed by atoms with Crippen LogP contribution in [-0.2, 0) is 13.1 Å². The van der Waals surface area contributed by atoms with Crippen molar-refractivity contribution in [1.82, 2.24) is 14.9 Å². The fourth-order valence-corrected chi connectivity index (χ4v) is 1.72. The summed E-state index contributed by atoms with van der Waals surface area (Å²) in [5, 5.41) is 3.03. The molecule has 0 radical (unpaired) electrons. The number of rotatable bonds is 6. The molecular weight excluding hydrogens is 236 g/mol. The minimum atomic E-state index is -0.503. The van der Waals surface area contributed by atoms with Gasteiger partial charge in [-0.3, -0.25) is 0 Å². The number of benzene rings is 1. The SMILES string of the molecule is Fc1cccc(F)c1CNCCCn1ccnc1. The molecule has 0 fully saturated rings. The number of aryl methyl sites for hydroxylation is 1. The van der Waals surface area contributed by atoms with E-state index < -0.39 is 11.6 Å². The first-order valence-electron chi connectivity index (χ1n) is 5.86. The molecule has 0 saturated carbocycles. The molecule has 3 nitrogen and oxygen atoms in total. The second kappa shape index (κ2) is 6.26. The standard InChI is InChI=1S/C13H15F2N3/c14-12-3-1-4-13(15)11(12)9-16-5-2-7-18-8-6-17-10-18/h1,3-4,6,8,10,16H,2,5,7,9H2. The maximum Gasteiger partial charge on any atom is 0.130 e. The number of imidazole rings is 1. The van der Waals surface area contributed by atoms with E-state index in [9.17, 15) is 8.78 Å². The third-order valence-corrected chi connectivity index (χ3v) is 2.69. The van der Waals surface area contributed by atoms with Gasteiger partial charge in [0.25, 0.3) is 0 Å². The van der Waals surface area contributed by atoms with Crippen molar-refractivity contribution < 1.29 is 8.78 Å². The van der Waals surface area contributed by atoms with E-state index in [-0.39, 0.29) is 12.1 Å². The zero-order chi connectivity index (χ0) is 12.8. The average molecular weight is 251 g/mol. The Balaban J connectivity index is 1.72. The predicted molar refractivity (Wildman–Crippen MR) is 64.9 cm³/mol. The lowest BCUT2D eigenvalue weighted by molar-refractivity contribution is 0.523. The van der Waals surface area contributed by atoms with Gasteiger partial charge in [0, 0.05) is 31.0 Å². The summed E-state index contributed by atoms with van der Waals surface area (Å²) in [5.41, 5.74) is 0.0973. The normalized spacial score (nSPS) is 10.8. The highest BCUT2D eigenvalue weighted by molar-refractivity contribution is 5.19. The Morgan fingerprint density at radius 1 is 1.22 bits per heavy atom. The summed E-state index contributed by atoms with van der Waals surface area (Å²) in [4.78, 5) is 3.94. The highest BCUT2D eigenvalue weighted by atomic mass is 19.1. The molecule has 1 heterocycles. The van der Waals surface area contributed by atoms with Gasteiger partial charge in [-0.15, -0.1) is 0 Å². The van der Waals surface area contributed by atoms with Gasteiger partial charge < -0.3 is 9.88 Å². The Labute approximate surface area is 104 Å². The van der Waals surface area contributed by atoms with Crippen molar-refractivity contribution in [3.8, 4) is 0 Å². The van der Waals surface area contributed by atoms with Crippen LogP contribution in [0, 0.1) is 11.6 Å². The second-order valence-electron chi connectivity index (χ2n) is 4.03. The van der Waals surface area contributed by atoms with Crippen LogP contribution in [0.4, 0.5) is 8.78 Å². The number of nitrogens with zero attached hydrogens (tertiary/aromatic N) is 2. The predicted octanol–water partition coefficient (Wildman–Crippen LogP) is 2.34. The topological polar surface area (TPSA) is 29.9 Å². The van der Waals surface area contributed by atoms with Crippen molar-refractivity contribution in [2.75, 3.05) is 6.54 Å². The van der Waals surface area contributed by atoms with Crippen LogP contribution in [0.15, 0.2) is 36.9 Å². The lowest BCUT2D eigenvalue weighted by atomic mass is 10.2. The molecule has 2 aromatic rings. The molecule has 0 aliphatic heterocycles. The summed E-state index contributed by atoms with van der Waals surface area (Å²) >= 11 is 0. The number of nitrogens with one attached hydrogen (secondary N) is 1. The molecule has 0 aliphatic rings. The summed E-state index contributed by atoms with van der Waals surface area (Å²) in [5.74, 6) is -1.01. The molecule has 0 unspecified atom stereocenters. The van der Waals surface area contributed by atoms with Gasteiger partial charge in [0.05, 0.1) is 6.33 Å². The molecule has 96 valence electrons. The van der Waals surface area contributed by atoms with Crippen molar-refractivity contribution >= 4 is 0 Å². The fraction of sp³-hybridized carbons (Fsp3) is 0.308. The Hall–Kier alpha value is -1.75. The molecule has 5 heteroatoms. The summed E-state index contributed by atoms with van der Waals surface area (Å²) < 4.78 is 28.5. The van der Waals surface area contributed by atoms with Gasteiger partial charge >= 0.3 is 0 Å². The molecule has 1 N–H and O–H groups in total. The highest BCUT2D eigenvalue weighted by Crippen LogP contribution is 2.11. The maximum absolute atomic E-state index is 13.3. The fourth-order valence-electron chi connectivity index (χ4n) is 1.72. The zero-order valence-corrected chi connectivity index (χ0v) is 9.94. The molecule has 1 aromatic heterocycles. The molecule has 0 amide bonds. The van der Waals surface area contributed by atoms with E-state index in [4.69, 9.17) is 0 Å². The third kappa shape index (κ3) is 3.37.